The van der Waals surface area contributed by atoms with Gasteiger partial charge >= 0.3 is 0 Å². The smallest absolute Gasteiger partial charge is 0.0643 e. The summed E-state index contributed by atoms with van der Waals surface area (Å²) in [7, 11) is 0. The maximum atomic E-state index is 6.17. The van der Waals surface area contributed by atoms with Crippen LogP contribution in [0.3, 0.4) is 0 Å². The van der Waals surface area contributed by atoms with Crippen LogP contribution in [0.15, 0.2) is 36.4 Å². The minimum Gasteiger partial charge on any atom is -0.399 e. The molecule has 0 radical (unpaired) electrons. The summed E-state index contributed by atoms with van der Waals surface area (Å²) in [5.41, 5.74) is 10.7. The molecule has 2 rings (SSSR count). The monoisotopic (exact) mass is 246 g/mol. The van der Waals surface area contributed by atoms with Crippen molar-refractivity contribution in [3.63, 3.8) is 0 Å². The van der Waals surface area contributed by atoms with E-state index >= 15 is 0 Å². The Morgan fingerprint density at radius 1 is 1.12 bits per heavy atom. The Morgan fingerprint density at radius 2 is 1.88 bits per heavy atom. The van der Waals surface area contributed by atoms with Crippen LogP contribution in [-0.2, 0) is 0 Å². The number of rotatable bonds is 2. The number of aryl methyl sites for hydroxylation is 2. The van der Waals surface area contributed by atoms with E-state index in [0.29, 0.717) is 5.02 Å². The first-order valence-electron chi connectivity index (χ1n) is 5.45. The van der Waals surface area contributed by atoms with E-state index in [1.54, 1.807) is 0 Å². The van der Waals surface area contributed by atoms with Crippen LogP contribution in [0.2, 0.25) is 5.02 Å². The molecule has 0 unspecified atom stereocenters. The number of hydrogen-bond acceptors (Lipinski definition) is 2. The van der Waals surface area contributed by atoms with Crippen molar-refractivity contribution >= 4 is 28.7 Å². The number of para-hydroxylation sites is 1. The fourth-order valence-electron chi connectivity index (χ4n) is 1.82. The fourth-order valence-corrected chi connectivity index (χ4v) is 2.09. The van der Waals surface area contributed by atoms with E-state index in [2.05, 4.69) is 5.32 Å². The largest absolute Gasteiger partial charge is 0.399 e. The van der Waals surface area contributed by atoms with Crippen molar-refractivity contribution in [1.29, 1.82) is 0 Å². The Labute approximate surface area is 106 Å². The highest BCUT2D eigenvalue weighted by Crippen LogP contribution is 2.29. The van der Waals surface area contributed by atoms with Gasteiger partial charge in [0.1, 0.15) is 0 Å². The van der Waals surface area contributed by atoms with Crippen molar-refractivity contribution in [3.8, 4) is 0 Å². The van der Waals surface area contributed by atoms with E-state index in [-0.39, 0.29) is 0 Å². The zero-order chi connectivity index (χ0) is 12.4. The Morgan fingerprint density at radius 3 is 2.53 bits per heavy atom. The standard InChI is InChI=1S/C14H15ClN2/c1-9-6-11(16)8-12(7-9)17-14-10(2)4-3-5-13(14)15/h3-8,17H,16H2,1-2H3. The summed E-state index contributed by atoms with van der Waals surface area (Å²) in [6, 6.07) is 11.7. The van der Waals surface area contributed by atoms with Gasteiger partial charge in [-0.3, -0.25) is 0 Å². The molecule has 88 valence electrons. The molecule has 0 atom stereocenters. The number of halogens is 1. The third-order valence-electron chi connectivity index (χ3n) is 2.59. The van der Waals surface area contributed by atoms with Gasteiger partial charge in [0.2, 0.25) is 0 Å². The van der Waals surface area contributed by atoms with E-state index in [4.69, 9.17) is 17.3 Å². The molecule has 2 nitrogen and oxygen atoms in total. The van der Waals surface area contributed by atoms with Gasteiger partial charge in [-0.25, -0.2) is 0 Å². The van der Waals surface area contributed by atoms with Gasteiger partial charge < -0.3 is 11.1 Å². The molecule has 0 saturated carbocycles. The normalized spacial score (nSPS) is 10.3. The molecule has 0 bridgehead atoms. The van der Waals surface area contributed by atoms with Crippen LogP contribution in [0, 0.1) is 13.8 Å². The first kappa shape index (κ1) is 11.8. The molecule has 2 aromatic carbocycles. The van der Waals surface area contributed by atoms with E-state index in [0.717, 1.165) is 28.2 Å². The molecule has 0 aliphatic rings. The highest BCUT2D eigenvalue weighted by molar-refractivity contribution is 6.33. The molecular formula is C14H15ClN2. The maximum absolute atomic E-state index is 6.17. The number of nitrogens with one attached hydrogen (secondary N) is 1. The Bertz CT molecular complexity index is 509. The molecule has 0 heterocycles. The molecule has 0 amide bonds. The first-order valence-corrected chi connectivity index (χ1v) is 5.83. The molecule has 3 heteroatoms. The summed E-state index contributed by atoms with van der Waals surface area (Å²) in [5.74, 6) is 0. The van der Waals surface area contributed by atoms with E-state index in [9.17, 15) is 0 Å². The van der Waals surface area contributed by atoms with Crippen molar-refractivity contribution in [2.24, 2.45) is 0 Å². The minimum atomic E-state index is 0.713. The number of hydrogen-bond donors (Lipinski definition) is 2. The third kappa shape index (κ3) is 2.71. The molecule has 3 N–H and O–H groups in total. The van der Waals surface area contributed by atoms with Crippen LogP contribution in [0.5, 0.6) is 0 Å². The summed E-state index contributed by atoms with van der Waals surface area (Å²) < 4.78 is 0. The summed E-state index contributed by atoms with van der Waals surface area (Å²) in [6.45, 7) is 4.04. The second-order valence-electron chi connectivity index (χ2n) is 4.19. The maximum Gasteiger partial charge on any atom is 0.0643 e. The number of benzene rings is 2. The number of nitrogens with two attached hydrogens (primary N) is 1. The van der Waals surface area contributed by atoms with Gasteiger partial charge in [0.25, 0.3) is 0 Å². The highest BCUT2D eigenvalue weighted by Gasteiger charge is 2.04. The SMILES string of the molecule is Cc1cc(N)cc(Nc2c(C)cccc2Cl)c1. The zero-order valence-electron chi connectivity index (χ0n) is 9.92. The average molecular weight is 247 g/mol. The highest BCUT2D eigenvalue weighted by atomic mass is 35.5. The first-order chi connectivity index (χ1) is 8.06. The topological polar surface area (TPSA) is 38.0 Å². The van der Waals surface area contributed by atoms with Crippen LogP contribution in [0.1, 0.15) is 11.1 Å². The van der Waals surface area contributed by atoms with Gasteiger partial charge in [0.05, 0.1) is 10.7 Å². The Hall–Kier alpha value is -1.67. The number of nitrogen functional groups attached to an aromatic ring is 1. The second kappa shape index (κ2) is 4.68. The lowest BCUT2D eigenvalue weighted by atomic mass is 10.1. The summed E-state index contributed by atoms with van der Waals surface area (Å²) in [6.07, 6.45) is 0. The summed E-state index contributed by atoms with van der Waals surface area (Å²) in [5, 5.41) is 4.02. The summed E-state index contributed by atoms with van der Waals surface area (Å²) in [4.78, 5) is 0. The zero-order valence-corrected chi connectivity index (χ0v) is 10.7. The van der Waals surface area contributed by atoms with Crippen molar-refractivity contribution in [2.45, 2.75) is 13.8 Å². The van der Waals surface area contributed by atoms with E-state index in [1.165, 1.54) is 0 Å². The Balaban J connectivity index is 2.38. The van der Waals surface area contributed by atoms with Gasteiger partial charge in [-0.15, -0.1) is 0 Å². The van der Waals surface area contributed by atoms with Crippen molar-refractivity contribution in [2.75, 3.05) is 11.1 Å². The van der Waals surface area contributed by atoms with Gasteiger partial charge in [-0.1, -0.05) is 23.7 Å². The van der Waals surface area contributed by atoms with Crippen LogP contribution in [0.25, 0.3) is 0 Å². The summed E-state index contributed by atoms with van der Waals surface area (Å²) >= 11 is 6.17. The van der Waals surface area contributed by atoms with Crippen LogP contribution in [0.4, 0.5) is 17.1 Å². The second-order valence-corrected chi connectivity index (χ2v) is 4.60. The lowest BCUT2D eigenvalue weighted by Gasteiger charge is -2.12. The van der Waals surface area contributed by atoms with Crippen LogP contribution < -0.4 is 11.1 Å². The molecule has 0 aromatic heterocycles. The molecule has 0 fully saturated rings. The quantitative estimate of drug-likeness (QED) is 0.776. The van der Waals surface area contributed by atoms with Crippen molar-refractivity contribution < 1.29 is 0 Å². The van der Waals surface area contributed by atoms with Gasteiger partial charge in [-0.05, 0) is 49.2 Å². The average Bonchev–Trinajstić information content (AvgIpc) is 2.22. The lowest BCUT2D eigenvalue weighted by Crippen LogP contribution is -1.96. The van der Waals surface area contributed by atoms with Gasteiger partial charge in [0.15, 0.2) is 0 Å². The van der Waals surface area contributed by atoms with Crippen LogP contribution in [-0.4, -0.2) is 0 Å². The molecule has 0 spiro atoms. The van der Waals surface area contributed by atoms with E-state index in [1.807, 2.05) is 50.2 Å². The molecule has 0 aliphatic carbocycles. The predicted octanol–water partition coefficient (Wildman–Crippen LogP) is 4.28. The van der Waals surface area contributed by atoms with Gasteiger partial charge in [0, 0.05) is 11.4 Å². The van der Waals surface area contributed by atoms with Crippen molar-refractivity contribution in [1.82, 2.24) is 0 Å². The molecular weight excluding hydrogens is 232 g/mol. The molecule has 0 aliphatic heterocycles. The molecule has 0 saturated heterocycles. The minimum absolute atomic E-state index is 0.713. The van der Waals surface area contributed by atoms with Crippen LogP contribution >= 0.6 is 11.6 Å². The number of anilines is 3. The fraction of sp³-hybridized carbons (Fsp3) is 0.143. The van der Waals surface area contributed by atoms with Gasteiger partial charge in [-0.2, -0.15) is 0 Å². The van der Waals surface area contributed by atoms with E-state index < -0.39 is 0 Å². The molecule has 17 heavy (non-hydrogen) atoms. The predicted molar refractivity (Wildman–Crippen MR) is 75.1 cm³/mol. The molecule has 2 aromatic rings. The Kier molecular flexibility index (Phi) is 3.25. The van der Waals surface area contributed by atoms with Crippen molar-refractivity contribution in [3.05, 3.63) is 52.5 Å². The lowest BCUT2D eigenvalue weighted by molar-refractivity contribution is 1.41. The third-order valence-corrected chi connectivity index (χ3v) is 2.91.